The second kappa shape index (κ2) is 6.21. The molecule has 0 saturated heterocycles. The Balaban J connectivity index is 2.63. The first-order valence-corrected chi connectivity index (χ1v) is 6.60. The zero-order valence-corrected chi connectivity index (χ0v) is 12.1. The molecule has 114 valence electrons. The molecule has 1 aromatic carbocycles. The molecule has 7 heteroatoms. The molecule has 2 rings (SSSR count). The fourth-order valence-corrected chi connectivity index (χ4v) is 2.12. The number of carbonyl (C=O) groups excluding carboxylic acids is 2. The number of aromatic nitrogens is 1. The van der Waals surface area contributed by atoms with E-state index >= 15 is 0 Å². The van der Waals surface area contributed by atoms with E-state index in [0.29, 0.717) is 16.5 Å². The minimum absolute atomic E-state index is 0.0409. The Morgan fingerprint density at radius 3 is 2.64 bits per heavy atom. The second-order valence-electron chi connectivity index (χ2n) is 4.50. The van der Waals surface area contributed by atoms with Gasteiger partial charge in [0.15, 0.2) is 0 Å². The molecule has 0 N–H and O–H groups in total. The Morgan fingerprint density at radius 2 is 2.05 bits per heavy atom. The minimum atomic E-state index is -1.01. The lowest BCUT2D eigenvalue weighted by atomic mass is 10.1. The largest absolute Gasteiger partial charge is 0.458 e. The maximum atomic E-state index is 11.7. The second-order valence-corrected chi connectivity index (χ2v) is 4.50. The van der Waals surface area contributed by atoms with Crippen molar-refractivity contribution in [2.24, 2.45) is 0 Å². The summed E-state index contributed by atoms with van der Waals surface area (Å²) in [7, 11) is 0. The van der Waals surface area contributed by atoms with Gasteiger partial charge in [0.05, 0.1) is 17.0 Å². The number of rotatable bonds is 4. The summed E-state index contributed by atoms with van der Waals surface area (Å²) in [6, 6.07) is 6.96. The predicted octanol–water partition coefficient (Wildman–Crippen LogP) is 2.48. The molecule has 22 heavy (non-hydrogen) atoms. The summed E-state index contributed by atoms with van der Waals surface area (Å²) >= 11 is 0. The molecule has 7 nitrogen and oxygen atoms in total. The molecule has 0 saturated carbocycles. The summed E-state index contributed by atoms with van der Waals surface area (Å²) in [5, 5.41) is 11.7. The van der Waals surface area contributed by atoms with Crippen molar-refractivity contribution < 1.29 is 19.2 Å². The van der Waals surface area contributed by atoms with Crippen LogP contribution in [0.2, 0.25) is 0 Å². The molecule has 0 aliphatic heterocycles. The third-order valence-corrected chi connectivity index (χ3v) is 3.06. The van der Waals surface area contributed by atoms with Crippen LogP contribution in [0.15, 0.2) is 36.2 Å². The summed E-state index contributed by atoms with van der Waals surface area (Å²) in [5.41, 5.74) is 0.353. The number of esters is 1. The topological polar surface area (TPSA) is 91.4 Å². The van der Waals surface area contributed by atoms with Crippen LogP contribution in [0.25, 0.3) is 17.0 Å². The number of nitro groups is 1. The Hall–Kier alpha value is -2.96. The van der Waals surface area contributed by atoms with Crippen molar-refractivity contribution in [2.45, 2.75) is 13.8 Å². The van der Waals surface area contributed by atoms with Crippen molar-refractivity contribution in [3.8, 4) is 0 Å². The summed E-state index contributed by atoms with van der Waals surface area (Å²) in [5.74, 6) is -1.23. The van der Waals surface area contributed by atoms with Gasteiger partial charge in [0.1, 0.15) is 0 Å². The van der Waals surface area contributed by atoms with Gasteiger partial charge in [-0.3, -0.25) is 19.5 Å². The van der Waals surface area contributed by atoms with E-state index in [-0.39, 0.29) is 12.5 Å². The van der Waals surface area contributed by atoms with Gasteiger partial charge in [0, 0.05) is 30.1 Å². The van der Waals surface area contributed by atoms with E-state index < -0.39 is 16.6 Å². The lowest BCUT2D eigenvalue weighted by Gasteiger charge is -1.98. The van der Waals surface area contributed by atoms with E-state index in [4.69, 9.17) is 0 Å². The third-order valence-electron chi connectivity index (χ3n) is 3.06. The maximum Gasteiger partial charge on any atom is 0.409 e. The maximum absolute atomic E-state index is 11.7. The van der Waals surface area contributed by atoms with Crippen molar-refractivity contribution >= 4 is 28.9 Å². The van der Waals surface area contributed by atoms with Gasteiger partial charge >= 0.3 is 11.7 Å². The number of hydrogen-bond acceptors (Lipinski definition) is 5. The average molecular weight is 302 g/mol. The van der Waals surface area contributed by atoms with Crippen LogP contribution in [0.4, 0.5) is 0 Å². The van der Waals surface area contributed by atoms with Crippen LogP contribution in [0.5, 0.6) is 0 Å². The van der Waals surface area contributed by atoms with Crippen molar-refractivity contribution in [3.63, 3.8) is 0 Å². The van der Waals surface area contributed by atoms with Crippen LogP contribution in [0.3, 0.4) is 0 Å². The highest BCUT2D eigenvalue weighted by molar-refractivity contribution is 5.99. The monoisotopic (exact) mass is 302 g/mol. The molecule has 2 aromatic rings. The SMILES string of the molecule is CCOC(=O)/C(=C\c1cn(C(C)=O)c2ccccc12)[N+](=O)[O-]. The molecule has 0 bridgehead atoms. The average Bonchev–Trinajstić information content (AvgIpc) is 2.83. The predicted molar refractivity (Wildman–Crippen MR) is 79.8 cm³/mol. The van der Waals surface area contributed by atoms with Gasteiger partial charge in [0.25, 0.3) is 0 Å². The molecule has 0 atom stereocenters. The fraction of sp³-hybridized carbons (Fsp3) is 0.200. The summed E-state index contributed by atoms with van der Waals surface area (Å²) < 4.78 is 6.06. The zero-order valence-electron chi connectivity index (χ0n) is 12.1. The molecule has 0 unspecified atom stereocenters. The number of para-hydroxylation sites is 1. The molecule has 1 aromatic heterocycles. The van der Waals surface area contributed by atoms with Crippen molar-refractivity contribution in [3.05, 3.63) is 51.8 Å². The highest BCUT2D eigenvalue weighted by Crippen LogP contribution is 2.24. The highest BCUT2D eigenvalue weighted by Gasteiger charge is 2.24. The first-order valence-electron chi connectivity index (χ1n) is 6.60. The first-order chi connectivity index (χ1) is 10.5. The minimum Gasteiger partial charge on any atom is -0.458 e. The lowest BCUT2D eigenvalue weighted by Crippen LogP contribution is -2.14. The number of hydrogen-bond donors (Lipinski definition) is 0. The molecule has 0 amide bonds. The molecule has 0 fully saturated rings. The van der Waals surface area contributed by atoms with Crippen molar-refractivity contribution in [1.82, 2.24) is 4.57 Å². The fourth-order valence-electron chi connectivity index (χ4n) is 2.12. The van der Waals surface area contributed by atoms with E-state index in [1.165, 1.54) is 17.7 Å². The molecule has 1 heterocycles. The number of benzene rings is 1. The van der Waals surface area contributed by atoms with E-state index in [9.17, 15) is 19.7 Å². The molecular weight excluding hydrogens is 288 g/mol. The number of ether oxygens (including phenoxy) is 1. The summed E-state index contributed by atoms with van der Waals surface area (Å²) in [6.45, 7) is 3.00. The quantitative estimate of drug-likeness (QED) is 0.374. The lowest BCUT2D eigenvalue weighted by molar-refractivity contribution is -0.419. The first kappa shape index (κ1) is 15.4. The normalized spacial score (nSPS) is 11.5. The van der Waals surface area contributed by atoms with E-state index in [1.807, 2.05) is 0 Å². The van der Waals surface area contributed by atoms with Crippen LogP contribution >= 0.6 is 0 Å². The Labute approximate surface area is 125 Å². The van der Waals surface area contributed by atoms with E-state index in [0.717, 1.165) is 6.08 Å². The van der Waals surface area contributed by atoms with Crippen molar-refractivity contribution in [2.75, 3.05) is 6.61 Å². The molecule has 0 aliphatic carbocycles. The van der Waals surface area contributed by atoms with Gasteiger partial charge in [-0.15, -0.1) is 0 Å². The number of carbonyl (C=O) groups is 2. The molecule has 0 radical (unpaired) electrons. The summed E-state index contributed by atoms with van der Waals surface area (Å²) in [4.78, 5) is 33.6. The van der Waals surface area contributed by atoms with Crippen LogP contribution in [0, 0.1) is 10.1 Å². The van der Waals surface area contributed by atoms with Gasteiger partial charge in [-0.25, -0.2) is 4.79 Å². The zero-order chi connectivity index (χ0) is 16.3. The van der Waals surface area contributed by atoms with Gasteiger partial charge in [0.2, 0.25) is 5.91 Å². The van der Waals surface area contributed by atoms with Crippen LogP contribution in [-0.2, 0) is 9.53 Å². The Morgan fingerprint density at radius 1 is 1.36 bits per heavy atom. The van der Waals surface area contributed by atoms with Crippen molar-refractivity contribution in [1.29, 1.82) is 0 Å². The Kier molecular flexibility index (Phi) is 4.36. The third kappa shape index (κ3) is 2.88. The number of nitrogens with zero attached hydrogens (tertiary/aromatic N) is 2. The van der Waals surface area contributed by atoms with E-state index in [1.54, 1.807) is 31.2 Å². The van der Waals surface area contributed by atoms with Gasteiger partial charge in [-0.2, -0.15) is 0 Å². The van der Waals surface area contributed by atoms with Crippen LogP contribution in [0.1, 0.15) is 24.2 Å². The smallest absolute Gasteiger partial charge is 0.409 e. The molecular formula is C15H14N2O5. The van der Waals surface area contributed by atoms with Crippen LogP contribution in [-0.4, -0.2) is 28.0 Å². The molecule has 0 spiro atoms. The molecule has 0 aliphatic rings. The van der Waals surface area contributed by atoms with Gasteiger partial charge in [-0.05, 0) is 13.0 Å². The Bertz CT molecular complexity index is 788. The number of fused-ring (bicyclic) bond motifs is 1. The summed E-state index contributed by atoms with van der Waals surface area (Å²) in [6.07, 6.45) is 2.59. The van der Waals surface area contributed by atoms with Crippen LogP contribution < -0.4 is 0 Å². The van der Waals surface area contributed by atoms with Gasteiger partial charge in [-0.1, -0.05) is 18.2 Å². The standard InChI is InChI=1S/C15H14N2O5/c1-3-22-15(19)14(17(20)21)8-11-9-16(10(2)18)13-7-5-4-6-12(11)13/h4-9H,3H2,1-2H3/b14-8+. The van der Waals surface area contributed by atoms with Gasteiger partial charge < -0.3 is 4.74 Å². The highest BCUT2D eigenvalue weighted by atomic mass is 16.6. The van der Waals surface area contributed by atoms with E-state index in [2.05, 4.69) is 4.74 Å².